The highest BCUT2D eigenvalue weighted by Gasteiger charge is 2.47. The molecule has 29 heavy (non-hydrogen) atoms. The fraction of sp³-hybridized carbons (Fsp3) is 0.286. The van der Waals surface area contributed by atoms with Gasteiger partial charge in [-0.3, -0.25) is 25.2 Å². The minimum Gasteiger partial charge on any atom is -0.497 e. The molecule has 0 saturated heterocycles. The third-order valence-electron chi connectivity index (χ3n) is 5.00. The van der Waals surface area contributed by atoms with Crippen LogP contribution in [0.2, 0.25) is 5.02 Å². The second kappa shape index (κ2) is 8.96. The number of ether oxygens (including phenoxy) is 2. The van der Waals surface area contributed by atoms with Gasteiger partial charge in [0.15, 0.2) is 6.61 Å². The average molecular weight is 417 g/mol. The minimum absolute atomic E-state index is 0.347. The van der Waals surface area contributed by atoms with E-state index in [0.29, 0.717) is 29.2 Å². The second-order valence-corrected chi connectivity index (χ2v) is 7.19. The Morgan fingerprint density at radius 2 is 1.66 bits per heavy atom. The Kier molecular flexibility index (Phi) is 6.39. The molecule has 0 unspecified atom stereocenters. The van der Waals surface area contributed by atoms with Crippen LogP contribution < -0.4 is 15.6 Å². The normalized spacial score (nSPS) is 14.3. The van der Waals surface area contributed by atoms with Crippen LogP contribution >= 0.6 is 11.6 Å². The number of carbonyl (C=O) groups is 3. The van der Waals surface area contributed by atoms with Gasteiger partial charge in [-0.1, -0.05) is 30.2 Å². The summed E-state index contributed by atoms with van der Waals surface area (Å²) in [4.78, 5) is 36.6. The number of methoxy groups -OCH3 is 1. The van der Waals surface area contributed by atoms with Gasteiger partial charge in [-0.25, -0.2) is 0 Å². The Labute approximate surface area is 173 Å². The lowest BCUT2D eigenvalue weighted by molar-refractivity contribution is -0.157. The molecular formula is C21H21ClN2O5. The van der Waals surface area contributed by atoms with Crippen molar-refractivity contribution < 1.29 is 23.9 Å². The van der Waals surface area contributed by atoms with E-state index in [1.54, 1.807) is 48.5 Å². The molecule has 3 rings (SSSR count). The van der Waals surface area contributed by atoms with E-state index >= 15 is 0 Å². The van der Waals surface area contributed by atoms with Crippen molar-refractivity contribution in [2.75, 3.05) is 13.7 Å². The lowest BCUT2D eigenvalue weighted by Gasteiger charge is -2.39. The van der Waals surface area contributed by atoms with Gasteiger partial charge < -0.3 is 9.47 Å². The maximum absolute atomic E-state index is 12.6. The number of hydrogen-bond donors (Lipinski definition) is 2. The predicted octanol–water partition coefficient (Wildman–Crippen LogP) is 2.77. The molecule has 2 aromatic carbocycles. The Hall–Kier alpha value is -3.06. The lowest BCUT2D eigenvalue weighted by atomic mass is 9.64. The molecule has 0 atom stereocenters. The number of carbonyl (C=O) groups excluding carboxylic acids is 3. The van der Waals surface area contributed by atoms with Crippen LogP contribution in [0.4, 0.5) is 0 Å². The Bertz CT molecular complexity index is 892. The van der Waals surface area contributed by atoms with Gasteiger partial charge in [0.2, 0.25) is 0 Å². The zero-order valence-corrected chi connectivity index (χ0v) is 16.6. The van der Waals surface area contributed by atoms with E-state index in [9.17, 15) is 14.4 Å². The fourth-order valence-electron chi connectivity index (χ4n) is 3.16. The Balaban J connectivity index is 1.50. The lowest BCUT2D eigenvalue weighted by Crippen LogP contribution is -2.47. The summed E-state index contributed by atoms with van der Waals surface area (Å²) in [7, 11) is 1.53. The third-order valence-corrected chi connectivity index (χ3v) is 5.25. The molecule has 0 aromatic heterocycles. The number of benzene rings is 2. The van der Waals surface area contributed by atoms with Crippen LogP contribution in [-0.4, -0.2) is 31.5 Å². The Morgan fingerprint density at radius 1 is 1.00 bits per heavy atom. The van der Waals surface area contributed by atoms with Gasteiger partial charge in [-0.2, -0.15) is 0 Å². The highest BCUT2D eigenvalue weighted by Crippen LogP contribution is 2.45. The summed E-state index contributed by atoms with van der Waals surface area (Å²) in [6.07, 6.45) is 2.22. The highest BCUT2D eigenvalue weighted by atomic mass is 35.5. The number of rotatable bonds is 6. The van der Waals surface area contributed by atoms with Crippen molar-refractivity contribution in [3.05, 3.63) is 64.7 Å². The monoisotopic (exact) mass is 416 g/mol. The van der Waals surface area contributed by atoms with Gasteiger partial charge >= 0.3 is 5.97 Å². The van der Waals surface area contributed by atoms with Crippen molar-refractivity contribution in [2.24, 2.45) is 0 Å². The number of hydrogen-bond acceptors (Lipinski definition) is 5. The van der Waals surface area contributed by atoms with Crippen molar-refractivity contribution >= 4 is 29.4 Å². The van der Waals surface area contributed by atoms with Crippen molar-refractivity contribution in [1.29, 1.82) is 0 Å². The molecule has 152 valence electrons. The zero-order chi connectivity index (χ0) is 20.9. The van der Waals surface area contributed by atoms with E-state index < -0.39 is 29.8 Å². The molecule has 1 aliphatic carbocycles. The molecule has 1 saturated carbocycles. The maximum Gasteiger partial charge on any atom is 0.317 e. The summed E-state index contributed by atoms with van der Waals surface area (Å²) < 4.78 is 10.2. The maximum atomic E-state index is 12.6. The van der Waals surface area contributed by atoms with Crippen LogP contribution in [0.25, 0.3) is 0 Å². The quantitative estimate of drug-likeness (QED) is 0.558. The fourth-order valence-corrected chi connectivity index (χ4v) is 3.28. The largest absolute Gasteiger partial charge is 0.497 e. The summed E-state index contributed by atoms with van der Waals surface area (Å²) >= 11 is 5.92. The van der Waals surface area contributed by atoms with Gasteiger partial charge in [0.05, 0.1) is 12.5 Å². The molecule has 2 N–H and O–H groups in total. The second-order valence-electron chi connectivity index (χ2n) is 6.75. The van der Waals surface area contributed by atoms with Gasteiger partial charge in [-0.15, -0.1) is 0 Å². The first kappa shape index (κ1) is 20.7. The predicted molar refractivity (Wildman–Crippen MR) is 107 cm³/mol. The van der Waals surface area contributed by atoms with Crippen LogP contribution in [-0.2, 0) is 19.7 Å². The highest BCUT2D eigenvalue weighted by molar-refractivity contribution is 6.30. The van der Waals surface area contributed by atoms with Gasteiger partial charge in [0.25, 0.3) is 11.8 Å². The molecule has 8 heteroatoms. The van der Waals surface area contributed by atoms with Gasteiger partial charge in [0.1, 0.15) is 5.75 Å². The van der Waals surface area contributed by atoms with E-state index in [2.05, 4.69) is 10.9 Å². The van der Waals surface area contributed by atoms with E-state index in [1.807, 2.05) is 0 Å². The van der Waals surface area contributed by atoms with Crippen molar-refractivity contribution in [3.63, 3.8) is 0 Å². The Morgan fingerprint density at radius 3 is 2.21 bits per heavy atom. The van der Waals surface area contributed by atoms with E-state index in [1.165, 1.54) is 7.11 Å². The van der Waals surface area contributed by atoms with Crippen LogP contribution in [0, 0.1) is 0 Å². The number of nitrogens with one attached hydrogen (secondary N) is 2. The summed E-state index contributed by atoms with van der Waals surface area (Å²) in [6, 6.07) is 13.5. The average Bonchev–Trinajstić information content (AvgIpc) is 2.71. The minimum atomic E-state index is -0.739. The van der Waals surface area contributed by atoms with Gasteiger partial charge in [0, 0.05) is 10.6 Å². The molecular weight excluding hydrogens is 396 g/mol. The summed E-state index contributed by atoms with van der Waals surface area (Å²) in [5.41, 5.74) is 4.95. The number of amides is 2. The molecule has 0 spiro atoms. The van der Waals surface area contributed by atoms with E-state index in [-0.39, 0.29) is 0 Å². The van der Waals surface area contributed by atoms with Gasteiger partial charge in [-0.05, 0) is 54.8 Å². The van der Waals surface area contributed by atoms with Crippen molar-refractivity contribution in [2.45, 2.75) is 24.7 Å². The van der Waals surface area contributed by atoms with E-state index in [4.69, 9.17) is 21.1 Å². The summed E-state index contributed by atoms with van der Waals surface area (Å²) in [6.45, 7) is -0.489. The van der Waals surface area contributed by atoms with Crippen LogP contribution in [0.15, 0.2) is 48.5 Å². The molecule has 0 bridgehead atoms. The molecule has 1 fully saturated rings. The first-order chi connectivity index (χ1) is 13.9. The van der Waals surface area contributed by atoms with Crippen molar-refractivity contribution in [3.8, 4) is 5.75 Å². The number of esters is 1. The summed E-state index contributed by atoms with van der Waals surface area (Å²) in [5, 5.41) is 0.587. The molecule has 1 aliphatic rings. The van der Waals surface area contributed by atoms with Crippen LogP contribution in [0.3, 0.4) is 0 Å². The van der Waals surface area contributed by atoms with Crippen LogP contribution in [0.1, 0.15) is 35.2 Å². The number of halogens is 1. The molecule has 0 radical (unpaired) electrons. The smallest absolute Gasteiger partial charge is 0.317 e. The summed E-state index contributed by atoms with van der Waals surface area (Å²) in [5.74, 6) is -0.972. The number of hydrazine groups is 1. The standard InChI is InChI=1S/C21H21ClN2O5/c1-28-17-9-3-14(4-10-17)19(26)24-23-18(25)13-29-20(27)21(11-2-12-21)15-5-7-16(22)8-6-15/h3-10H,2,11-13H2,1H3,(H,23,25)(H,24,26). The third kappa shape index (κ3) is 4.68. The molecule has 2 amide bonds. The van der Waals surface area contributed by atoms with Crippen LogP contribution in [0.5, 0.6) is 5.75 Å². The SMILES string of the molecule is COc1ccc(C(=O)NNC(=O)COC(=O)C2(c3ccc(Cl)cc3)CCC2)cc1. The first-order valence-electron chi connectivity index (χ1n) is 9.11. The first-order valence-corrected chi connectivity index (χ1v) is 9.49. The van der Waals surface area contributed by atoms with E-state index in [0.717, 1.165) is 12.0 Å². The van der Waals surface area contributed by atoms with Crippen molar-refractivity contribution in [1.82, 2.24) is 10.9 Å². The molecule has 7 nitrogen and oxygen atoms in total. The topological polar surface area (TPSA) is 93.7 Å². The molecule has 0 heterocycles. The molecule has 0 aliphatic heterocycles. The molecule has 2 aromatic rings. The zero-order valence-electron chi connectivity index (χ0n) is 15.9.